The third-order valence-electron chi connectivity index (χ3n) is 5.30. The van der Waals surface area contributed by atoms with E-state index in [1.54, 1.807) is 12.1 Å². The van der Waals surface area contributed by atoms with Crippen molar-refractivity contribution in [2.24, 2.45) is 0 Å². The number of benzene rings is 1. The summed E-state index contributed by atoms with van der Waals surface area (Å²) in [5.74, 6) is -1.96. The minimum absolute atomic E-state index is 0.0105. The first-order valence-corrected chi connectivity index (χ1v) is 11.5. The van der Waals surface area contributed by atoms with E-state index in [4.69, 9.17) is 4.42 Å². The van der Waals surface area contributed by atoms with E-state index in [1.165, 1.54) is 31.4 Å². The van der Waals surface area contributed by atoms with Crippen LogP contribution < -0.4 is 5.63 Å². The number of carboxylic acid groups (broad SMARTS) is 1. The lowest BCUT2D eigenvalue weighted by Gasteiger charge is -2.11. The quantitative estimate of drug-likeness (QED) is 0.191. The Labute approximate surface area is 189 Å². The van der Waals surface area contributed by atoms with Gasteiger partial charge >= 0.3 is 11.6 Å². The minimum atomic E-state index is -1.04. The van der Waals surface area contributed by atoms with Crippen LogP contribution in [0.15, 0.2) is 69.9 Å². The van der Waals surface area contributed by atoms with Crippen LogP contribution >= 0.6 is 0 Å². The van der Waals surface area contributed by atoms with Gasteiger partial charge in [-0.25, -0.2) is 4.79 Å². The predicted molar refractivity (Wildman–Crippen MR) is 129 cm³/mol. The molecule has 0 aliphatic carbocycles. The Bertz CT molecular complexity index is 997. The van der Waals surface area contributed by atoms with E-state index in [9.17, 15) is 19.8 Å². The van der Waals surface area contributed by atoms with Gasteiger partial charge in [0.25, 0.3) is 0 Å². The number of aliphatic carboxylic acids is 1. The van der Waals surface area contributed by atoms with E-state index >= 15 is 0 Å². The molecule has 0 radical (unpaired) electrons. The van der Waals surface area contributed by atoms with Crippen molar-refractivity contribution in [1.29, 1.82) is 0 Å². The van der Waals surface area contributed by atoms with E-state index in [-0.39, 0.29) is 16.9 Å². The molecule has 0 aliphatic rings. The number of phenolic OH excluding ortho intramolecular Hbond substituents is 1. The fourth-order valence-corrected chi connectivity index (χ4v) is 3.50. The lowest BCUT2D eigenvalue weighted by atomic mass is 9.94. The lowest BCUT2D eigenvalue weighted by Crippen LogP contribution is -2.19. The zero-order valence-electron chi connectivity index (χ0n) is 18.8. The summed E-state index contributed by atoms with van der Waals surface area (Å²) < 4.78 is 5.22. The number of hydrogen-bond acceptors (Lipinski definition) is 4. The maximum absolute atomic E-state index is 12.3. The van der Waals surface area contributed by atoms with Crippen LogP contribution in [0.2, 0.25) is 0 Å². The highest BCUT2D eigenvalue weighted by Gasteiger charge is 2.23. The van der Waals surface area contributed by atoms with Crippen LogP contribution in [0, 0.1) is 0 Å². The molecule has 172 valence electrons. The molecule has 0 saturated carbocycles. The number of carbonyl (C=O) groups is 1. The van der Waals surface area contributed by atoms with Crippen molar-refractivity contribution < 1.29 is 19.4 Å². The van der Waals surface area contributed by atoms with Crippen molar-refractivity contribution in [3.8, 4) is 5.75 Å². The maximum Gasteiger partial charge on any atom is 0.340 e. The molecular formula is C27H34O5. The zero-order valence-corrected chi connectivity index (χ0v) is 18.8. The van der Waals surface area contributed by atoms with Crippen molar-refractivity contribution in [1.82, 2.24) is 0 Å². The molecule has 1 atom stereocenters. The summed E-state index contributed by atoms with van der Waals surface area (Å²) in [5, 5.41) is 19.7. The first-order valence-electron chi connectivity index (χ1n) is 11.5. The Balaban J connectivity index is 1.78. The largest absolute Gasteiger partial charge is 0.508 e. The van der Waals surface area contributed by atoms with Gasteiger partial charge in [0.2, 0.25) is 0 Å². The summed E-state index contributed by atoms with van der Waals surface area (Å²) in [7, 11) is 0. The molecule has 0 bridgehead atoms. The van der Waals surface area contributed by atoms with E-state index in [1.807, 2.05) is 0 Å². The first-order chi connectivity index (χ1) is 15.5. The molecule has 2 N–H and O–H groups in total. The highest BCUT2D eigenvalue weighted by molar-refractivity contribution is 5.81. The molecule has 1 heterocycles. The van der Waals surface area contributed by atoms with Crippen molar-refractivity contribution >= 4 is 16.9 Å². The molecule has 0 fully saturated rings. The molecule has 0 amide bonds. The number of aromatic hydroxyl groups is 1. The fraction of sp³-hybridized carbons (Fsp3) is 0.407. The summed E-state index contributed by atoms with van der Waals surface area (Å²) in [4.78, 5) is 24.1. The highest BCUT2D eigenvalue weighted by Crippen LogP contribution is 2.25. The van der Waals surface area contributed by atoms with Gasteiger partial charge in [-0.3, -0.25) is 4.79 Å². The Morgan fingerprint density at radius 2 is 1.62 bits per heavy atom. The van der Waals surface area contributed by atoms with E-state index in [2.05, 4.69) is 43.4 Å². The normalized spacial score (nSPS) is 13.0. The molecule has 32 heavy (non-hydrogen) atoms. The van der Waals surface area contributed by atoms with Crippen molar-refractivity contribution in [2.75, 3.05) is 0 Å². The van der Waals surface area contributed by atoms with Crippen LogP contribution in [0.1, 0.15) is 76.2 Å². The topological polar surface area (TPSA) is 87.7 Å². The first kappa shape index (κ1) is 25.2. The minimum Gasteiger partial charge on any atom is -0.508 e. The van der Waals surface area contributed by atoms with Gasteiger partial charge in [0.15, 0.2) is 0 Å². The van der Waals surface area contributed by atoms with Gasteiger partial charge in [-0.05, 0) is 63.1 Å². The maximum atomic E-state index is 12.3. The third-order valence-corrected chi connectivity index (χ3v) is 5.30. The molecule has 1 unspecified atom stereocenters. The van der Waals surface area contributed by atoms with Gasteiger partial charge in [-0.2, -0.15) is 0 Å². The molecule has 2 aromatic rings. The van der Waals surface area contributed by atoms with Crippen molar-refractivity contribution in [3.05, 3.63) is 76.7 Å². The second kappa shape index (κ2) is 14.1. The third kappa shape index (κ3) is 8.58. The van der Waals surface area contributed by atoms with E-state index in [0.717, 1.165) is 25.7 Å². The van der Waals surface area contributed by atoms with Crippen LogP contribution in [-0.4, -0.2) is 16.2 Å². The monoisotopic (exact) mass is 438 g/mol. The number of phenols is 1. The average Bonchev–Trinajstić information content (AvgIpc) is 2.76. The number of carboxylic acids is 1. The van der Waals surface area contributed by atoms with Crippen LogP contribution in [0.5, 0.6) is 5.75 Å². The number of unbranched alkanes of at least 4 members (excludes halogenated alkanes) is 4. The Morgan fingerprint density at radius 1 is 0.969 bits per heavy atom. The Morgan fingerprint density at radius 3 is 2.28 bits per heavy atom. The van der Waals surface area contributed by atoms with Gasteiger partial charge in [0.1, 0.15) is 11.3 Å². The lowest BCUT2D eigenvalue weighted by molar-refractivity contribution is -0.139. The molecule has 0 aliphatic heterocycles. The highest BCUT2D eigenvalue weighted by atomic mass is 16.4. The van der Waals surface area contributed by atoms with Gasteiger partial charge in [-0.1, -0.05) is 56.2 Å². The SMILES string of the molecule is CCCCC/C=C\C/C=C\C/C=C\CCCC(C(=O)O)c1cc2ccc(O)cc2oc1=O. The standard InChI is InChI=1S/C27H34O5/c1-2-3-4-5-6-7-8-9-10-11-12-13-14-15-16-23(26(29)30)24-19-21-17-18-22(28)20-25(21)32-27(24)31/h6-7,9-10,12-13,17-20,23,28H,2-5,8,11,14-16H2,1H3,(H,29,30)/b7-6-,10-9-,13-12-. The number of allylic oxidation sites excluding steroid dienone is 6. The predicted octanol–water partition coefficient (Wildman–Crippen LogP) is 6.87. The van der Waals surface area contributed by atoms with E-state index < -0.39 is 17.5 Å². The summed E-state index contributed by atoms with van der Waals surface area (Å²) in [6.45, 7) is 2.21. The number of fused-ring (bicyclic) bond motifs is 1. The molecule has 2 rings (SSSR count). The summed E-state index contributed by atoms with van der Waals surface area (Å²) in [6, 6.07) is 5.98. The molecule has 1 aromatic carbocycles. The fourth-order valence-electron chi connectivity index (χ4n) is 3.50. The van der Waals surface area contributed by atoms with E-state index in [0.29, 0.717) is 18.2 Å². The molecule has 5 nitrogen and oxygen atoms in total. The van der Waals surface area contributed by atoms with Gasteiger partial charge < -0.3 is 14.6 Å². The van der Waals surface area contributed by atoms with Crippen molar-refractivity contribution in [2.45, 2.75) is 70.6 Å². The molecule has 0 spiro atoms. The molecular weight excluding hydrogens is 404 g/mol. The van der Waals surface area contributed by atoms with Gasteiger partial charge in [0.05, 0.1) is 11.5 Å². The van der Waals surface area contributed by atoms with Gasteiger partial charge in [-0.15, -0.1) is 0 Å². The second-order valence-corrected chi connectivity index (χ2v) is 7.91. The van der Waals surface area contributed by atoms with Gasteiger partial charge in [0, 0.05) is 11.5 Å². The summed E-state index contributed by atoms with van der Waals surface area (Å²) in [5.41, 5.74) is -0.285. The number of hydrogen-bond donors (Lipinski definition) is 2. The second-order valence-electron chi connectivity index (χ2n) is 7.91. The Kier molecular flexibility index (Phi) is 11.1. The Hall–Kier alpha value is -3.08. The van der Waals surface area contributed by atoms with Crippen molar-refractivity contribution in [3.63, 3.8) is 0 Å². The average molecular weight is 439 g/mol. The zero-order chi connectivity index (χ0) is 23.2. The molecule has 0 saturated heterocycles. The van der Waals surface area contributed by atoms with Crippen LogP contribution in [0.4, 0.5) is 0 Å². The smallest absolute Gasteiger partial charge is 0.340 e. The van der Waals surface area contributed by atoms with Crippen LogP contribution in [0.25, 0.3) is 11.0 Å². The number of rotatable bonds is 14. The molecule has 1 aromatic heterocycles. The van der Waals surface area contributed by atoms with Crippen LogP contribution in [-0.2, 0) is 4.79 Å². The molecule has 5 heteroatoms. The summed E-state index contributed by atoms with van der Waals surface area (Å²) in [6.07, 6.45) is 21.4. The van der Waals surface area contributed by atoms with Crippen LogP contribution in [0.3, 0.4) is 0 Å². The summed E-state index contributed by atoms with van der Waals surface area (Å²) >= 11 is 0.